The summed E-state index contributed by atoms with van der Waals surface area (Å²) >= 11 is 6.29. The molecule has 3 fully saturated rings. The third-order valence-electron chi connectivity index (χ3n) is 6.97. The molecule has 3 saturated heterocycles. The van der Waals surface area contributed by atoms with E-state index in [2.05, 4.69) is 10.2 Å². The van der Waals surface area contributed by atoms with Gasteiger partial charge in [0, 0.05) is 22.3 Å². The van der Waals surface area contributed by atoms with Gasteiger partial charge in [0.25, 0.3) is 0 Å². The van der Waals surface area contributed by atoms with Crippen molar-refractivity contribution >= 4 is 40.7 Å². The van der Waals surface area contributed by atoms with Crippen LogP contribution in [0.4, 0.5) is 11.4 Å². The highest BCUT2D eigenvalue weighted by Gasteiger charge is 2.74. The summed E-state index contributed by atoms with van der Waals surface area (Å²) in [5, 5.41) is 3.46. The highest BCUT2D eigenvalue weighted by Crippen LogP contribution is 2.60. The van der Waals surface area contributed by atoms with E-state index in [1.54, 1.807) is 42.5 Å². The van der Waals surface area contributed by atoms with Crippen LogP contribution in [0.2, 0.25) is 5.02 Å². The minimum Gasteiger partial charge on any atom is -0.324 e. The van der Waals surface area contributed by atoms with E-state index in [1.807, 2.05) is 6.07 Å². The van der Waals surface area contributed by atoms with Crippen molar-refractivity contribution in [2.45, 2.75) is 24.4 Å². The second kappa shape index (κ2) is 5.68. The molecule has 6 nitrogen and oxygen atoms in total. The number of carbonyl (C=O) groups is 3. The van der Waals surface area contributed by atoms with Crippen LogP contribution in [0.1, 0.15) is 18.4 Å². The first-order valence-corrected chi connectivity index (χ1v) is 10.2. The van der Waals surface area contributed by atoms with Crippen molar-refractivity contribution in [2.24, 2.45) is 11.8 Å². The molecule has 4 heterocycles. The number of imide groups is 1. The van der Waals surface area contributed by atoms with Gasteiger partial charge in [-0.1, -0.05) is 29.8 Å². The molecule has 0 bridgehead atoms. The van der Waals surface area contributed by atoms with Crippen molar-refractivity contribution in [3.8, 4) is 0 Å². The van der Waals surface area contributed by atoms with E-state index in [9.17, 15) is 14.4 Å². The molecule has 0 aliphatic carbocycles. The number of hydrogen-bond donors (Lipinski definition) is 1. The summed E-state index contributed by atoms with van der Waals surface area (Å²) in [5.74, 6) is -2.02. The molecule has 7 heteroatoms. The average Bonchev–Trinajstić information content (AvgIpc) is 3.41. The Hall–Kier alpha value is -2.70. The molecule has 4 aliphatic heterocycles. The first kappa shape index (κ1) is 17.2. The number of nitrogens with one attached hydrogen (secondary N) is 1. The van der Waals surface area contributed by atoms with Crippen molar-refractivity contribution in [1.82, 2.24) is 4.90 Å². The van der Waals surface area contributed by atoms with Crippen LogP contribution in [0.3, 0.4) is 0 Å². The summed E-state index contributed by atoms with van der Waals surface area (Å²) in [6.45, 7) is 0.683. The van der Waals surface area contributed by atoms with Crippen molar-refractivity contribution in [3.05, 3.63) is 59.1 Å². The average molecular weight is 408 g/mol. The number of rotatable bonds is 1. The molecule has 3 amide bonds. The number of carbonyl (C=O) groups excluding carboxylic acids is 3. The molecule has 1 spiro atoms. The minimum atomic E-state index is -1.18. The lowest BCUT2D eigenvalue weighted by molar-refractivity contribution is -0.135. The van der Waals surface area contributed by atoms with Gasteiger partial charge in [-0.3, -0.25) is 19.3 Å². The Morgan fingerprint density at radius 3 is 2.62 bits per heavy atom. The largest absolute Gasteiger partial charge is 0.324 e. The third-order valence-corrected chi connectivity index (χ3v) is 7.20. The van der Waals surface area contributed by atoms with Crippen LogP contribution >= 0.6 is 11.6 Å². The minimum absolute atomic E-state index is 0.124. The van der Waals surface area contributed by atoms with E-state index in [4.69, 9.17) is 11.6 Å². The van der Waals surface area contributed by atoms with Crippen molar-refractivity contribution in [3.63, 3.8) is 0 Å². The Morgan fingerprint density at radius 2 is 1.83 bits per heavy atom. The van der Waals surface area contributed by atoms with E-state index < -0.39 is 17.4 Å². The maximum absolute atomic E-state index is 13.7. The molecule has 1 N–H and O–H groups in total. The topological polar surface area (TPSA) is 69.7 Å². The molecule has 29 heavy (non-hydrogen) atoms. The highest BCUT2D eigenvalue weighted by molar-refractivity contribution is 6.31. The number of nitrogens with zero attached hydrogens (tertiary/aromatic N) is 2. The van der Waals surface area contributed by atoms with Gasteiger partial charge in [-0.25, -0.2) is 4.90 Å². The molecule has 0 saturated carbocycles. The summed E-state index contributed by atoms with van der Waals surface area (Å²) in [5.41, 5.74) is 0.762. The summed E-state index contributed by atoms with van der Waals surface area (Å²) in [4.78, 5) is 44.0. The summed E-state index contributed by atoms with van der Waals surface area (Å²) in [7, 11) is 0. The number of hydrogen-bond acceptors (Lipinski definition) is 4. The first-order chi connectivity index (χ1) is 14.0. The van der Waals surface area contributed by atoms with Gasteiger partial charge in [0.05, 0.1) is 17.5 Å². The zero-order valence-corrected chi connectivity index (χ0v) is 16.2. The van der Waals surface area contributed by atoms with Crippen LogP contribution in [0.5, 0.6) is 0 Å². The molecular formula is C22H18ClN3O3. The van der Waals surface area contributed by atoms with Gasteiger partial charge < -0.3 is 5.32 Å². The van der Waals surface area contributed by atoms with Gasteiger partial charge in [-0.2, -0.15) is 0 Å². The molecule has 4 atom stereocenters. The van der Waals surface area contributed by atoms with Crippen LogP contribution in [0.15, 0.2) is 48.5 Å². The maximum atomic E-state index is 13.7. The van der Waals surface area contributed by atoms with Gasteiger partial charge in [0.2, 0.25) is 17.7 Å². The van der Waals surface area contributed by atoms with Crippen molar-refractivity contribution in [2.75, 3.05) is 16.8 Å². The standard InChI is InChI=1S/C22H18ClN3O3/c23-12-8-9-15-14(11-12)22(21(29)24-15)18-17(16-7-4-10-25(16)22)19(27)26(20(18)28)13-5-2-1-3-6-13/h1-3,5-6,8-9,11,16-18H,4,7,10H2,(H,24,29)/t16-,17+,18+,22-/m0/s1. The Morgan fingerprint density at radius 1 is 1.03 bits per heavy atom. The van der Waals surface area contributed by atoms with Crippen LogP contribution in [0.25, 0.3) is 0 Å². The zero-order valence-electron chi connectivity index (χ0n) is 15.5. The quantitative estimate of drug-likeness (QED) is 0.738. The van der Waals surface area contributed by atoms with E-state index in [0.29, 0.717) is 28.5 Å². The summed E-state index contributed by atoms with van der Waals surface area (Å²) in [6, 6.07) is 14.1. The smallest absolute Gasteiger partial charge is 0.250 e. The predicted molar refractivity (Wildman–Crippen MR) is 107 cm³/mol. The lowest BCUT2D eigenvalue weighted by atomic mass is 9.75. The predicted octanol–water partition coefficient (Wildman–Crippen LogP) is 2.77. The van der Waals surface area contributed by atoms with Crippen molar-refractivity contribution in [1.29, 1.82) is 0 Å². The van der Waals surface area contributed by atoms with E-state index in [0.717, 1.165) is 12.8 Å². The van der Waals surface area contributed by atoms with Gasteiger partial charge in [0.1, 0.15) is 5.54 Å². The Kier molecular flexibility index (Phi) is 3.36. The lowest BCUT2D eigenvalue weighted by Crippen LogP contribution is -2.54. The molecular weight excluding hydrogens is 390 g/mol. The van der Waals surface area contributed by atoms with Crippen LogP contribution < -0.4 is 10.2 Å². The van der Waals surface area contributed by atoms with Crippen LogP contribution in [-0.4, -0.2) is 35.2 Å². The van der Waals surface area contributed by atoms with Crippen LogP contribution in [-0.2, 0) is 19.9 Å². The zero-order chi connectivity index (χ0) is 19.9. The lowest BCUT2D eigenvalue weighted by Gasteiger charge is -2.36. The second-order valence-corrected chi connectivity index (χ2v) is 8.60. The fraction of sp³-hybridized carbons (Fsp3) is 0.318. The van der Waals surface area contributed by atoms with E-state index in [-0.39, 0.29) is 23.8 Å². The number of para-hydroxylation sites is 1. The molecule has 4 aliphatic rings. The summed E-state index contributed by atoms with van der Waals surface area (Å²) in [6.07, 6.45) is 1.69. The van der Waals surface area contributed by atoms with Gasteiger partial charge in [-0.15, -0.1) is 0 Å². The number of halogens is 1. The molecule has 6 rings (SSSR count). The maximum Gasteiger partial charge on any atom is 0.250 e. The number of amides is 3. The number of anilines is 2. The van der Waals surface area contributed by atoms with E-state index in [1.165, 1.54) is 4.90 Å². The van der Waals surface area contributed by atoms with Gasteiger partial charge in [0.15, 0.2) is 0 Å². The normalized spacial score (nSPS) is 32.7. The van der Waals surface area contributed by atoms with Crippen LogP contribution in [0, 0.1) is 11.8 Å². The Balaban J connectivity index is 1.58. The molecule has 2 aromatic carbocycles. The van der Waals surface area contributed by atoms with Crippen molar-refractivity contribution < 1.29 is 14.4 Å². The SMILES string of the molecule is O=C1[C@@H]2[C@@H]3CCCN3[C@]3(C(=O)Nc4ccc(Cl)cc43)[C@H]2C(=O)N1c1ccccc1. The molecule has 2 aromatic rings. The van der Waals surface area contributed by atoms with Gasteiger partial charge >= 0.3 is 0 Å². The van der Waals surface area contributed by atoms with Gasteiger partial charge in [-0.05, 0) is 49.7 Å². The fourth-order valence-corrected chi connectivity index (χ4v) is 6.18. The molecule has 0 unspecified atom stereocenters. The first-order valence-electron chi connectivity index (χ1n) is 9.86. The molecule has 146 valence electrons. The second-order valence-electron chi connectivity index (χ2n) is 8.16. The van der Waals surface area contributed by atoms with E-state index >= 15 is 0 Å². The fourth-order valence-electron chi connectivity index (χ4n) is 6.01. The Bertz CT molecular complexity index is 1090. The molecule has 0 aromatic heterocycles. The number of benzene rings is 2. The highest BCUT2D eigenvalue weighted by atomic mass is 35.5. The number of fused-ring (bicyclic) bond motifs is 7. The molecule has 0 radical (unpaired) electrons. The monoisotopic (exact) mass is 407 g/mol. The summed E-state index contributed by atoms with van der Waals surface area (Å²) < 4.78 is 0. The third kappa shape index (κ3) is 1.93. The Labute approximate surface area is 172 Å².